The molecule has 1 fully saturated rings. The third kappa shape index (κ3) is 3.23. The maximum atomic E-state index is 12.1. The van der Waals surface area contributed by atoms with Gasteiger partial charge in [-0.15, -0.1) is 12.4 Å². The van der Waals surface area contributed by atoms with Gasteiger partial charge in [0.1, 0.15) is 0 Å². The van der Waals surface area contributed by atoms with Crippen LogP contribution in [0.4, 0.5) is 0 Å². The number of halogens is 1. The van der Waals surface area contributed by atoms with Crippen LogP contribution in [0, 0.1) is 12.8 Å². The Bertz CT molecular complexity index is 398. The van der Waals surface area contributed by atoms with E-state index in [1.54, 1.807) is 6.07 Å². The van der Waals surface area contributed by atoms with Crippen molar-refractivity contribution in [3.63, 3.8) is 0 Å². The van der Waals surface area contributed by atoms with Gasteiger partial charge in [0.15, 0.2) is 0 Å². The normalized spacial score (nSPS) is 18.3. The van der Waals surface area contributed by atoms with E-state index < -0.39 is 0 Å². The largest absolute Gasteiger partial charge is 0.351 e. The predicted octanol–water partition coefficient (Wildman–Crippen LogP) is 1.60. The Morgan fingerprint density at radius 3 is 2.61 bits per heavy atom. The lowest BCUT2D eigenvalue weighted by Gasteiger charge is -2.33. The number of hydrogen-bond acceptors (Lipinski definition) is 4. The molecule has 1 aliphatic heterocycles. The Hall–Kier alpha value is -1.07. The van der Waals surface area contributed by atoms with Gasteiger partial charge in [0.05, 0.1) is 5.69 Å². The van der Waals surface area contributed by atoms with Gasteiger partial charge in [0.25, 0.3) is 5.91 Å². The van der Waals surface area contributed by atoms with Crippen molar-refractivity contribution in [2.24, 2.45) is 11.7 Å². The number of piperidine rings is 1. The minimum Gasteiger partial charge on any atom is -0.351 e. The molecule has 2 rings (SSSR count). The van der Waals surface area contributed by atoms with Gasteiger partial charge in [-0.1, -0.05) is 5.16 Å². The van der Waals surface area contributed by atoms with E-state index in [-0.39, 0.29) is 24.4 Å². The minimum absolute atomic E-state index is 0. The average Bonchev–Trinajstić information content (AvgIpc) is 2.75. The molecular weight excluding hydrogens is 254 g/mol. The number of aryl methyl sites for hydroxylation is 1. The Morgan fingerprint density at radius 2 is 2.17 bits per heavy atom. The highest BCUT2D eigenvalue weighted by molar-refractivity contribution is 5.91. The Balaban J connectivity index is 0.00000162. The number of hydrogen-bond donors (Lipinski definition) is 1. The van der Waals surface area contributed by atoms with Crippen LogP contribution in [-0.4, -0.2) is 35.1 Å². The summed E-state index contributed by atoms with van der Waals surface area (Å²) in [4.78, 5) is 13.9. The van der Waals surface area contributed by atoms with Crippen LogP contribution in [0.25, 0.3) is 0 Å². The molecule has 102 valence electrons. The van der Waals surface area contributed by atoms with Crippen LogP contribution in [0.2, 0.25) is 0 Å². The lowest BCUT2D eigenvalue weighted by Crippen LogP contribution is -2.42. The van der Waals surface area contributed by atoms with Crippen molar-refractivity contribution >= 4 is 18.3 Å². The van der Waals surface area contributed by atoms with Crippen molar-refractivity contribution in [3.8, 4) is 0 Å². The second-order valence-electron chi connectivity index (χ2n) is 4.82. The summed E-state index contributed by atoms with van der Waals surface area (Å²) in [5.41, 5.74) is 6.61. The fourth-order valence-corrected chi connectivity index (χ4v) is 2.25. The highest BCUT2D eigenvalue weighted by atomic mass is 35.5. The van der Waals surface area contributed by atoms with Gasteiger partial charge in [0, 0.05) is 25.2 Å². The number of amides is 1. The molecule has 0 saturated carbocycles. The highest BCUT2D eigenvalue weighted by Crippen LogP contribution is 2.21. The summed E-state index contributed by atoms with van der Waals surface area (Å²) in [5.74, 6) is 0.797. The number of likely N-dealkylation sites (tertiary alicyclic amines) is 1. The second kappa shape index (κ2) is 6.20. The fourth-order valence-electron chi connectivity index (χ4n) is 2.25. The van der Waals surface area contributed by atoms with Crippen LogP contribution in [0.15, 0.2) is 10.6 Å². The number of nitrogens with two attached hydrogens (primary N) is 1. The molecule has 0 bridgehead atoms. The molecule has 2 heterocycles. The average molecular weight is 274 g/mol. The van der Waals surface area contributed by atoms with E-state index in [0.717, 1.165) is 31.6 Å². The Kier molecular flexibility index (Phi) is 5.16. The lowest BCUT2D eigenvalue weighted by atomic mass is 9.91. The number of carbonyl (C=O) groups excluding carboxylic acids is 1. The molecule has 1 atom stereocenters. The van der Waals surface area contributed by atoms with Crippen LogP contribution in [0.3, 0.4) is 0 Å². The van der Waals surface area contributed by atoms with Crippen LogP contribution < -0.4 is 5.73 Å². The minimum atomic E-state index is -0.0614. The SMILES string of the molecule is Cc1cc(C(=O)N2CCC(C(C)N)CC2)on1.Cl. The zero-order valence-corrected chi connectivity index (χ0v) is 11.6. The summed E-state index contributed by atoms with van der Waals surface area (Å²) in [6.07, 6.45) is 1.94. The zero-order valence-electron chi connectivity index (χ0n) is 10.8. The zero-order chi connectivity index (χ0) is 12.4. The molecule has 1 aromatic heterocycles. The van der Waals surface area contributed by atoms with Crippen molar-refractivity contribution in [3.05, 3.63) is 17.5 Å². The van der Waals surface area contributed by atoms with Crippen LogP contribution >= 0.6 is 12.4 Å². The molecule has 0 radical (unpaired) electrons. The molecule has 1 aliphatic rings. The molecule has 1 saturated heterocycles. The molecule has 5 nitrogen and oxygen atoms in total. The maximum Gasteiger partial charge on any atom is 0.292 e. The van der Waals surface area contributed by atoms with Gasteiger partial charge in [-0.2, -0.15) is 0 Å². The Morgan fingerprint density at radius 1 is 1.56 bits per heavy atom. The number of carbonyl (C=O) groups is 1. The summed E-state index contributed by atoms with van der Waals surface area (Å²) in [6.45, 7) is 5.35. The maximum absolute atomic E-state index is 12.1. The van der Waals surface area contributed by atoms with E-state index in [9.17, 15) is 4.79 Å². The van der Waals surface area contributed by atoms with Gasteiger partial charge in [-0.05, 0) is 32.6 Å². The molecule has 0 aromatic carbocycles. The highest BCUT2D eigenvalue weighted by Gasteiger charge is 2.27. The summed E-state index contributed by atoms with van der Waals surface area (Å²) in [7, 11) is 0. The van der Waals surface area contributed by atoms with Gasteiger partial charge in [-0.25, -0.2) is 0 Å². The standard InChI is InChI=1S/C12H19N3O2.ClH/c1-8-7-11(17-14-8)12(16)15-5-3-10(4-6-15)9(2)13;/h7,9-10H,3-6,13H2,1-2H3;1H. The number of rotatable bonds is 2. The molecule has 6 heteroatoms. The summed E-state index contributed by atoms with van der Waals surface area (Å²) in [5, 5.41) is 3.73. The summed E-state index contributed by atoms with van der Waals surface area (Å²) >= 11 is 0. The summed E-state index contributed by atoms with van der Waals surface area (Å²) in [6, 6.07) is 1.89. The summed E-state index contributed by atoms with van der Waals surface area (Å²) < 4.78 is 4.99. The monoisotopic (exact) mass is 273 g/mol. The van der Waals surface area contributed by atoms with Gasteiger partial charge >= 0.3 is 0 Å². The predicted molar refractivity (Wildman–Crippen MR) is 70.8 cm³/mol. The van der Waals surface area contributed by atoms with Crippen molar-refractivity contribution in [1.82, 2.24) is 10.1 Å². The molecule has 1 unspecified atom stereocenters. The van der Waals surface area contributed by atoms with Gasteiger partial charge in [-0.3, -0.25) is 4.79 Å². The molecule has 0 spiro atoms. The van der Waals surface area contributed by atoms with Crippen molar-refractivity contribution in [2.75, 3.05) is 13.1 Å². The first kappa shape index (κ1) is 15.0. The fraction of sp³-hybridized carbons (Fsp3) is 0.667. The van der Waals surface area contributed by atoms with E-state index in [1.165, 1.54) is 0 Å². The van der Waals surface area contributed by atoms with E-state index in [2.05, 4.69) is 5.16 Å². The van der Waals surface area contributed by atoms with Crippen LogP contribution in [0.5, 0.6) is 0 Å². The Labute approximate surface area is 113 Å². The lowest BCUT2D eigenvalue weighted by molar-refractivity contribution is 0.0639. The topological polar surface area (TPSA) is 72.4 Å². The van der Waals surface area contributed by atoms with E-state index in [4.69, 9.17) is 10.3 Å². The molecule has 18 heavy (non-hydrogen) atoms. The van der Waals surface area contributed by atoms with E-state index in [1.807, 2.05) is 18.7 Å². The quantitative estimate of drug-likeness (QED) is 0.888. The second-order valence-corrected chi connectivity index (χ2v) is 4.82. The first-order valence-corrected chi connectivity index (χ1v) is 6.06. The first-order chi connectivity index (χ1) is 8.08. The van der Waals surface area contributed by atoms with Gasteiger partial charge < -0.3 is 15.2 Å². The van der Waals surface area contributed by atoms with E-state index in [0.29, 0.717) is 11.7 Å². The molecular formula is C12H20ClN3O2. The van der Waals surface area contributed by atoms with E-state index >= 15 is 0 Å². The molecule has 0 aliphatic carbocycles. The van der Waals surface area contributed by atoms with Crippen molar-refractivity contribution in [2.45, 2.75) is 32.7 Å². The third-order valence-electron chi connectivity index (χ3n) is 3.41. The number of aromatic nitrogens is 1. The van der Waals surface area contributed by atoms with Crippen LogP contribution in [-0.2, 0) is 0 Å². The molecule has 1 amide bonds. The molecule has 2 N–H and O–H groups in total. The molecule has 1 aromatic rings. The first-order valence-electron chi connectivity index (χ1n) is 6.06. The number of nitrogens with zero attached hydrogens (tertiary/aromatic N) is 2. The van der Waals surface area contributed by atoms with Crippen molar-refractivity contribution < 1.29 is 9.32 Å². The van der Waals surface area contributed by atoms with Crippen molar-refractivity contribution in [1.29, 1.82) is 0 Å². The third-order valence-corrected chi connectivity index (χ3v) is 3.41. The van der Waals surface area contributed by atoms with Crippen LogP contribution in [0.1, 0.15) is 36.0 Å². The van der Waals surface area contributed by atoms with Gasteiger partial charge in [0.2, 0.25) is 5.76 Å². The smallest absolute Gasteiger partial charge is 0.292 e.